The van der Waals surface area contributed by atoms with Gasteiger partial charge in [-0.3, -0.25) is 9.59 Å². The minimum atomic E-state index is -0.408. The van der Waals surface area contributed by atoms with Crippen LogP contribution in [0.2, 0.25) is 0 Å². The highest BCUT2D eigenvalue weighted by Crippen LogP contribution is 2.63. The van der Waals surface area contributed by atoms with E-state index in [9.17, 15) is 19.2 Å². The number of allylic oxidation sites excluding steroid dienone is 2. The van der Waals surface area contributed by atoms with Gasteiger partial charge in [0.15, 0.2) is 11.6 Å². The van der Waals surface area contributed by atoms with Crippen molar-refractivity contribution >= 4 is 23.5 Å². The van der Waals surface area contributed by atoms with Gasteiger partial charge in [-0.1, -0.05) is 19.2 Å². The van der Waals surface area contributed by atoms with E-state index in [2.05, 4.69) is 13.2 Å². The lowest BCUT2D eigenvalue weighted by Gasteiger charge is -2.31. The van der Waals surface area contributed by atoms with Crippen LogP contribution in [0.4, 0.5) is 0 Å². The molecule has 6 nitrogen and oxygen atoms in total. The number of benzene rings is 1. The first-order valence-corrected chi connectivity index (χ1v) is 16.5. The Labute approximate surface area is 254 Å². The van der Waals surface area contributed by atoms with E-state index in [0.717, 1.165) is 44.9 Å². The van der Waals surface area contributed by atoms with Gasteiger partial charge in [-0.2, -0.15) is 0 Å². The third-order valence-electron chi connectivity index (χ3n) is 12.7. The highest BCUT2D eigenvalue weighted by atomic mass is 16.5. The van der Waals surface area contributed by atoms with Crippen LogP contribution in [0.25, 0.3) is 0 Å². The first kappa shape index (κ1) is 28.7. The highest BCUT2D eigenvalue weighted by molar-refractivity contribution is 5.97. The van der Waals surface area contributed by atoms with Gasteiger partial charge in [-0.25, -0.2) is 9.59 Å². The number of fused-ring (bicyclic) bond motifs is 10. The molecule has 0 heterocycles. The molecule has 1 aromatic carbocycles. The smallest absolute Gasteiger partial charge is 0.338 e. The number of carbonyl (C=O) groups is 4. The Morgan fingerprint density at radius 2 is 1.37 bits per heavy atom. The predicted molar refractivity (Wildman–Crippen MR) is 161 cm³/mol. The molecule has 7 rings (SSSR count). The van der Waals surface area contributed by atoms with E-state index in [4.69, 9.17) is 9.47 Å². The number of hydrogen-bond donors (Lipinski definition) is 0. The molecule has 0 spiro atoms. The fourth-order valence-corrected chi connectivity index (χ4v) is 11.1. The molecular formula is C37H44O6. The molecule has 0 amide bonds. The van der Waals surface area contributed by atoms with Crippen LogP contribution in [-0.2, 0) is 19.1 Å². The Balaban J connectivity index is 0.894. The second-order valence-corrected chi connectivity index (χ2v) is 14.8. The minimum absolute atomic E-state index is 0.120. The average Bonchev–Trinajstić information content (AvgIpc) is 3.84. The fraction of sp³-hybridized carbons (Fsp3) is 0.622. The molecule has 0 radical (unpaired) electrons. The topological polar surface area (TPSA) is 86.7 Å². The molecule has 228 valence electrons. The summed E-state index contributed by atoms with van der Waals surface area (Å²) in [4.78, 5) is 50.8. The molecule has 0 N–H and O–H groups in total. The molecule has 0 saturated heterocycles. The zero-order valence-electron chi connectivity index (χ0n) is 25.2. The van der Waals surface area contributed by atoms with Crippen LogP contribution in [0.3, 0.4) is 0 Å². The van der Waals surface area contributed by atoms with Crippen molar-refractivity contribution in [2.24, 2.45) is 71.0 Å². The fourth-order valence-electron chi connectivity index (χ4n) is 11.1. The van der Waals surface area contributed by atoms with Gasteiger partial charge in [0.05, 0.1) is 24.3 Å². The molecule has 6 aliphatic carbocycles. The van der Waals surface area contributed by atoms with Crippen molar-refractivity contribution in [3.8, 4) is 0 Å². The van der Waals surface area contributed by atoms with Crippen molar-refractivity contribution < 1.29 is 28.7 Å². The molecule has 0 aliphatic heterocycles. The first-order valence-electron chi connectivity index (χ1n) is 16.5. The van der Waals surface area contributed by atoms with Gasteiger partial charge in [0.2, 0.25) is 0 Å². The number of rotatable bonds is 10. The summed E-state index contributed by atoms with van der Waals surface area (Å²) in [7, 11) is 0. The molecule has 12 atom stereocenters. The Morgan fingerprint density at radius 3 is 2.09 bits per heavy atom. The van der Waals surface area contributed by atoms with Gasteiger partial charge in [0.25, 0.3) is 0 Å². The third kappa shape index (κ3) is 5.03. The van der Waals surface area contributed by atoms with Crippen LogP contribution in [0.5, 0.6) is 0 Å². The summed E-state index contributed by atoms with van der Waals surface area (Å²) in [6, 6.07) is 6.67. The lowest BCUT2D eigenvalue weighted by Crippen LogP contribution is -2.30. The van der Waals surface area contributed by atoms with Crippen molar-refractivity contribution in [3.05, 3.63) is 60.2 Å². The van der Waals surface area contributed by atoms with Crippen LogP contribution in [0.15, 0.2) is 49.1 Å². The van der Waals surface area contributed by atoms with Crippen LogP contribution >= 0.6 is 0 Å². The van der Waals surface area contributed by atoms with Gasteiger partial charge in [-0.05, 0) is 147 Å². The molecule has 6 saturated carbocycles. The lowest BCUT2D eigenvalue weighted by atomic mass is 9.73. The Hall–Kier alpha value is -3.02. The van der Waals surface area contributed by atoms with E-state index in [1.807, 2.05) is 6.92 Å². The van der Waals surface area contributed by atoms with E-state index in [-0.39, 0.29) is 23.4 Å². The van der Waals surface area contributed by atoms with Gasteiger partial charge in [0, 0.05) is 11.8 Å². The zero-order chi connectivity index (χ0) is 30.0. The summed E-state index contributed by atoms with van der Waals surface area (Å²) in [5.74, 6) is 5.15. The number of Topliss-reactive ketones (excluding diaryl/α,β-unsaturated/α-hetero) is 1. The zero-order valence-corrected chi connectivity index (χ0v) is 25.2. The normalized spacial score (nSPS) is 39.7. The Morgan fingerprint density at radius 1 is 0.767 bits per heavy atom. The van der Waals surface area contributed by atoms with E-state index in [0.29, 0.717) is 89.1 Å². The van der Waals surface area contributed by atoms with Crippen LogP contribution < -0.4 is 0 Å². The number of ketones is 2. The van der Waals surface area contributed by atoms with Crippen LogP contribution in [0.1, 0.15) is 79.0 Å². The molecule has 6 aliphatic rings. The number of hydrogen-bond acceptors (Lipinski definition) is 6. The summed E-state index contributed by atoms with van der Waals surface area (Å²) in [6.07, 6.45) is 9.90. The maximum atomic E-state index is 13.0. The summed E-state index contributed by atoms with van der Waals surface area (Å²) in [5.41, 5.74) is 1.41. The largest absolute Gasteiger partial charge is 0.462 e. The van der Waals surface area contributed by atoms with Crippen molar-refractivity contribution in [1.82, 2.24) is 0 Å². The molecule has 6 fully saturated rings. The molecular weight excluding hydrogens is 540 g/mol. The molecule has 43 heavy (non-hydrogen) atoms. The third-order valence-corrected chi connectivity index (χ3v) is 12.7. The van der Waals surface area contributed by atoms with Crippen molar-refractivity contribution in [1.29, 1.82) is 0 Å². The second kappa shape index (κ2) is 11.2. The second-order valence-electron chi connectivity index (χ2n) is 14.8. The molecule has 0 aromatic heterocycles. The number of ether oxygens (including phenoxy) is 2. The predicted octanol–water partition coefficient (Wildman–Crippen LogP) is 6.50. The van der Waals surface area contributed by atoms with Crippen LogP contribution in [0, 0.1) is 71.0 Å². The quantitative estimate of drug-likeness (QED) is 0.231. The average molecular weight is 585 g/mol. The maximum Gasteiger partial charge on any atom is 0.338 e. The summed E-state index contributed by atoms with van der Waals surface area (Å²) in [5, 5.41) is 0. The van der Waals surface area contributed by atoms with E-state index < -0.39 is 11.9 Å². The first-order chi connectivity index (χ1) is 20.7. The Bertz CT molecular complexity index is 1360. The molecule has 6 heteroatoms. The highest BCUT2D eigenvalue weighted by Gasteiger charge is 2.58. The summed E-state index contributed by atoms with van der Waals surface area (Å²) >= 11 is 0. The Kier molecular flexibility index (Phi) is 7.46. The van der Waals surface area contributed by atoms with Crippen molar-refractivity contribution in [2.75, 3.05) is 13.2 Å². The number of carbonyl (C=O) groups excluding carboxylic acids is 4. The van der Waals surface area contributed by atoms with Crippen molar-refractivity contribution in [3.63, 3.8) is 0 Å². The minimum Gasteiger partial charge on any atom is -0.462 e. The molecule has 4 bridgehead atoms. The SMILES string of the molecule is C=CC(=O)C1C[C@@H]2C3CC(CC3COC(=O)c3cccc(C(=O)OCC4C[C@@H]5C6CC(CC6C(=O)C(=C)C)[C@@H]5C4)c3)[C@@H]2C1. The van der Waals surface area contributed by atoms with E-state index in [1.165, 1.54) is 12.5 Å². The number of esters is 2. The van der Waals surface area contributed by atoms with E-state index in [1.54, 1.807) is 24.3 Å². The van der Waals surface area contributed by atoms with Gasteiger partial charge in [-0.15, -0.1) is 0 Å². The lowest BCUT2D eigenvalue weighted by molar-refractivity contribution is -0.121. The summed E-state index contributed by atoms with van der Waals surface area (Å²) in [6.45, 7) is 10.2. The van der Waals surface area contributed by atoms with Crippen LogP contribution in [-0.4, -0.2) is 36.7 Å². The monoisotopic (exact) mass is 584 g/mol. The van der Waals surface area contributed by atoms with Gasteiger partial charge < -0.3 is 9.47 Å². The van der Waals surface area contributed by atoms with Gasteiger partial charge >= 0.3 is 11.9 Å². The maximum absolute atomic E-state index is 13.0. The molecule has 1 aromatic rings. The van der Waals surface area contributed by atoms with E-state index >= 15 is 0 Å². The van der Waals surface area contributed by atoms with Crippen molar-refractivity contribution in [2.45, 2.75) is 58.3 Å². The van der Waals surface area contributed by atoms with Gasteiger partial charge in [0.1, 0.15) is 0 Å². The molecule has 8 unspecified atom stereocenters. The summed E-state index contributed by atoms with van der Waals surface area (Å²) < 4.78 is 11.6. The standard InChI is InChI=1S/C37H44O6/c1-4-34(38)25-15-28-23-11-26(29(12-23)31(28)16-25)18-43-37(41)22-7-5-6-21(10-22)36(40)42-17-20-8-27-24-13-32(30(27)9-20)33(14-24)35(39)19(2)3/h4-7,10,20,23-33H,1-2,8-9,11-18H2,3H3/t20?,23?,24?,25?,26?,27-,28-,29?,30-,31-,32?,33?/m0/s1.